The lowest BCUT2D eigenvalue weighted by molar-refractivity contribution is -0.132. The summed E-state index contributed by atoms with van der Waals surface area (Å²) in [7, 11) is -3.63. The molecule has 0 spiro atoms. The van der Waals surface area contributed by atoms with Crippen LogP contribution in [0.3, 0.4) is 0 Å². The molecule has 1 aliphatic heterocycles. The lowest BCUT2D eigenvalue weighted by Crippen LogP contribution is -2.49. The van der Waals surface area contributed by atoms with Crippen LogP contribution in [-0.2, 0) is 19.6 Å². The van der Waals surface area contributed by atoms with Gasteiger partial charge in [0.1, 0.15) is 0 Å². The van der Waals surface area contributed by atoms with Crippen LogP contribution in [0.4, 0.5) is 0 Å². The molecule has 0 saturated carbocycles. The van der Waals surface area contributed by atoms with Gasteiger partial charge >= 0.3 is 0 Å². The second kappa shape index (κ2) is 6.04. The number of nitrogens with one attached hydrogen (secondary N) is 1. The Bertz CT molecular complexity index is 631. The molecule has 0 radical (unpaired) electrons. The van der Waals surface area contributed by atoms with Crippen LogP contribution in [0.2, 0.25) is 0 Å². The van der Waals surface area contributed by atoms with Gasteiger partial charge < -0.3 is 10.5 Å². The Morgan fingerprint density at radius 2 is 2.05 bits per heavy atom. The van der Waals surface area contributed by atoms with Gasteiger partial charge in [0.25, 0.3) is 0 Å². The van der Waals surface area contributed by atoms with Crippen molar-refractivity contribution in [1.82, 2.24) is 4.72 Å². The zero-order valence-corrected chi connectivity index (χ0v) is 13.8. The molecule has 3 N–H and O–H groups in total. The second-order valence-corrected chi connectivity index (χ2v) is 8.55. The summed E-state index contributed by atoms with van der Waals surface area (Å²) in [6.45, 7) is 4.48. The maximum Gasteiger partial charge on any atom is 0.241 e. The maximum atomic E-state index is 12.4. The van der Waals surface area contributed by atoms with E-state index in [1.807, 2.05) is 6.92 Å². The Morgan fingerprint density at radius 3 is 2.52 bits per heavy atom. The van der Waals surface area contributed by atoms with Crippen LogP contribution in [0.5, 0.6) is 0 Å². The molecule has 0 unspecified atom stereocenters. The van der Waals surface area contributed by atoms with Crippen molar-refractivity contribution < 1.29 is 17.9 Å². The molecule has 118 valence electrons. The monoisotopic (exact) mass is 332 g/mol. The van der Waals surface area contributed by atoms with Gasteiger partial charge in [0.15, 0.2) is 0 Å². The quantitative estimate of drug-likeness (QED) is 0.838. The van der Waals surface area contributed by atoms with Gasteiger partial charge in [-0.3, -0.25) is 4.79 Å². The lowest BCUT2D eigenvalue weighted by Gasteiger charge is -2.34. The van der Waals surface area contributed by atoms with Crippen molar-refractivity contribution in [1.29, 1.82) is 0 Å². The Morgan fingerprint density at radius 1 is 1.43 bits per heavy atom. The molecule has 21 heavy (non-hydrogen) atoms. The number of carbonyl (C=O) groups excluding carboxylic acids is 1. The number of hydrogen-bond acceptors (Lipinski definition) is 5. The normalized spacial score (nSPS) is 18.6. The molecule has 1 amide bonds. The van der Waals surface area contributed by atoms with Crippen molar-refractivity contribution in [3.8, 4) is 0 Å². The van der Waals surface area contributed by atoms with Crippen LogP contribution < -0.4 is 10.5 Å². The number of amides is 1. The van der Waals surface area contributed by atoms with Gasteiger partial charge in [-0.1, -0.05) is 0 Å². The van der Waals surface area contributed by atoms with E-state index in [0.29, 0.717) is 26.1 Å². The van der Waals surface area contributed by atoms with Crippen molar-refractivity contribution in [3.63, 3.8) is 0 Å². The minimum absolute atomic E-state index is 0.0162. The molecular weight excluding hydrogens is 312 g/mol. The molecular formula is C13H20N2O4S2. The third-order valence-corrected chi connectivity index (χ3v) is 6.48. The first-order valence-corrected chi connectivity index (χ1v) is 9.01. The third kappa shape index (κ3) is 3.45. The van der Waals surface area contributed by atoms with Crippen LogP contribution >= 0.6 is 11.3 Å². The number of hydrogen-bond donors (Lipinski definition) is 2. The van der Waals surface area contributed by atoms with Gasteiger partial charge in [-0.15, -0.1) is 11.3 Å². The fourth-order valence-electron chi connectivity index (χ4n) is 2.46. The van der Waals surface area contributed by atoms with Gasteiger partial charge in [0.2, 0.25) is 15.9 Å². The van der Waals surface area contributed by atoms with Gasteiger partial charge in [0, 0.05) is 29.5 Å². The fraction of sp³-hybridized carbons (Fsp3) is 0.615. The number of sulfonamides is 1. The molecule has 0 aromatic carbocycles. The summed E-state index contributed by atoms with van der Waals surface area (Å²) in [5.74, 6) is -0.480. The predicted octanol–water partition coefficient (Wildman–Crippen LogP) is 0.925. The van der Waals surface area contributed by atoms with Crippen LogP contribution in [0.15, 0.2) is 11.0 Å². The molecule has 2 rings (SSSR count). The standard InChI is InChI=1S/C13H20N2O4S2/c1-9-7-11(10(2)20-9)21(17,18)15-8-13(12(14)16)3-5-19-6-4-13/h7,15H,3-6,8H2,1-2H3,(H2,14,16). The Kier molecular flexibility index (Phi) is 4.72. The summed E-state index contributed by atoms with van der Waals surface area (Å²) in [6.07, 6.45) is 0.874. The SMILES string of the molecule is Cc1cc(S(=O)(=O)NCC2(C(N)=O)CCOCC2)c(C)s1. The minimum Gasteiger partial charge on any atom is -0.381 e. The minimum atomic E-state index is -3.63. The van der Waals surface area contributed by atoms with E-state index < -0.39 is 21.3 Å². The van der Waals surface area contributed by atoms with Crippen LogP contribution in [0, 0.1) is 19.3 Å². The summed E-state index contributed by atoms with van der Waals surface area (Å²) < 4.78 is 32.5. The van der Waals surface area contributed by atoms with Gasteiger partial charge in [0.05, 0.1) is 10.3 Å². The van der Waals surface area contributed by atoms with Crippen molar-refractivity contribution in [3.05, 3.63) is 15.8 Å². The molecule has 2 heterocycles. The highest BCUT2D eigenvalue weighted by Gasteiger charge is 2.39. The summed E-state index contributed by atoms with van der Waals surface area (Å²) in [5, 5.41) is 0. The Hall–Kier alpha value is -0.960. The van der Waals surface area contributed by atoms with Crippen LogP contribution in [-0.4, -0.2) is 34.1 Å². The first-order valence-electron chi connectivity index (χ1n) is 6.71. The van der Waals surface area contributed by atoms with E-state index in [9.17, 15) is 13.2 Å². The number of carbonyl (C=O) groups is 1. The largest absolute Gasteiger partial charge is 0.381 e. The summed E-state index contributed by atoms with van der Waals surface area (Å²) >= 11 is 1.43. The molecule has 0 atom stereocenters. The van der Waals surface area contributed by atoms with E-state index in [1.54, 1.807) is 13.0 Å². The zero-order valence-electron chi connectivity index (χ0n) is 12.1. The number of thiophene rings is 1. The first kappa shape index (κ1) is 16.4. The molecule has 1 aromatic heterocycles. The average molecular weight is 332 g/mol. The number of aryl methyl sites for hydroxylation is 2. The molecule has 1 saturated heterocycles. The molecule has 0 aliphatic carbocycles. The highest BCUT2D eigenvalue weighted by Crippen LogP contribution is 2.31. The van der Waals surface area contributed by atoms with E-state index in [2.05, 4.69) is 4.72 Å². The predicted molar refractivity (Wildman–Crippen MR) is 80.7 cm³/mol. The van der Waals surface area contributed by atoms with E-state index in [1.165, 1.54) is 11.3 Å². The smallest absolute Gasteiger partial charge is 0.241 e. The van der Waals surface area contributed by atoms with E-state index in [-0.39, 0.29) is 11.4 Å². The highest BCUT2D eigenvalue weighted by molar-refractivity contribution is 7.89. The second-order valence-electron chi connectivity index (χ2n) is 5.36. The number of nitrogens with two attached hydrogens (primary N) is 1. The summed E-state index contributed by atoms with van der Waals surface area (Å²) in [4.78, 5) is 13.7. The van der Waals surface area contributed by atoms with Crippen molar-refractivity contribution >= 4 is 27.3 Å². The van der Waals surface area contributed by atoms with Crippen molar-refractivity contribution in [2.24, 2.45) is 11.1 Å². The number of rotatable bonds is 5. The molecule has 8 heteroatoms. The molecule has 6 nitrogen and oxygen atoms in total. The fourth-order valence-corrected chi connectivity index (χ4v) is 5.14. The highest BCUT2D eigenvalue weighted by atomic mass is 32.2. The average Bonchev–Trinajstić information content (AvgIpc) is 2.77. The van der Waals surface area contributed by atoms with E-state index in [0.717, 1.165) is 9.75 Å². The number of primary amides is 1. The number of ether oxygens (including phenoxy) is 1. The van der Waals surface area contributed by atoms with E-state index in [4.69, 9.17) is 10.5 Å². The Labute approximate surface area is 128 Å². The lowest BCUT2D eigenvalue weighted by atomic mass is 9.80. The van der Waals surface area contributed by atoms with Crippen molar-refractivity contribution in [2.45, 2.75) is 31.6 Å². The van der Waals surface area contributed by atoms with Gasteiger partial charge in [-0.05, 0) is 32.8 Å². The Balaban J connectivity index is 2.17. The maximum absolute atomic E-state index is 12.4. The molecule has 1 aromatic rings. The topological polar surface area (TPSA) is 98.5 Å². The van der Waals surface area contributed by atoms with Gasteiger partial charge in [-0.25, -0.2) is 13.1 Å². The zero-order chi connectivity index (χ0) is 15.7. The first-order chi connectivity index (χ1) is 9.77. The molecule has 0 bridgehead atoms. The van der Waals surface area contributed by atoms with Crippen molar-refractivity contribution in [2.75, 3.05) is 19.8 Å². The molecule has 1 fully saturated rings. The van der Waals surface area contributed by atoms with Crippen LogP contribution in [0.25, 0.3) is 0 Å². The summed E-state index contributed by atoms with van der Waals surface area (Å²) in [6, 6.07) is 1.64. The summed E-state index contributed by atoms with van der Waals surface area (Å²) in [5.41, 5.74) is 4.62. The molecule has 1 aliphatic rings. The third-order valence-electron chi connectivity index (χ3n) is 3.86. The van der Waals surface area contributed by atoms with Gasteiger partial charge in [-0.2, -0.15) is 0 Å². The van der Waals surface area contributed by atoms with E-state index >= 15 is 0 Å². The van der Waals surface area contributed by atoms with Crippen LogP contribution in [0.1, 0.15) is 22.6 Å².